The Hall–Kier alpha value is -0.530. The Morgan fingerprint density at radius 3 is 2.92 bits per heavy atom. The zero-order chi connectivity index (χ0) is 8.77. The molecular weight excluding hydrogens is 152 g/mol. The summed E-state index contributed by atoms with van der Waals surface area (Å²) in [6, 6.07) is 0. The first kappa shape index (κ1) is 8.09. The molecule has 0 unspecified atom stereocenters. The molecule has 0 spiro atoms. The molecule has 0 heterocycles. The fourth-order valence-corrected chi connectivity index (χ4v) is 3.34. The van der Waals surface area contributed by atoms with E-state index >= 15 is 0 Å². The standard InChI is InChI=1S/C10H16O2/c1-10(6-9(11)12)5-7-3-2-4-8(7)10/h7-8H,2-6H2,1H3,(H,11,12)/t7-,8-,10+/m0/s1. The SMILES string of the molecule is C[C@]1(CC(=O)O)C[C@@H]2CCC[C@@H]21. The number of hydrogen-bond donors (Lipinski definition) is 1. The Morgan fingerprint density at radius 1 is 1.58 bits per heavy atom. The predicted octanol–water partition coefficient (Wildman–Crippen LogP) is 2.29. The minimum Gasteiger partial charge on any atom is -0.481 e. The van der Waals surface area contributed by atoms with E-state index in [2.05, 4.69) is 6.92 Å². The van der Waals surface area contributed by atoms with E-state index in [-0.39, 0.29) is 5.41 Å². The highest BCUT2D eigenvalue weighted by molar-refractivity contribution is 5.68. The maximum Gasteiger partial charge on any atom is 0.303 e. The van der Waals surface area contributed by atoms with Crippen molar-refractivity contribution < 1.29 is 9.90 Å². The van der Waals surface area contributed by atoms with E-state index in [4.69, 9.17) is 5.11 Å². The first-order valence-electron chi connectivity index (χ1n) is 4.84. The van der Waals surface area contributed by atoms with Crippen LogP contribution in [0, 0.1) is 17.3 Å². The summed E-state index contributed by atoms with van der Waals surface area (Å²) in [5, 5.41) is 8.73. The van der Waals surface area contributed by atoms with Crippen LogP contribution in [0.1, 0.15) is 39.0 Å². The highest BCUT2D eigenvalue weighted by atomic mass is 16.4. The van der Waals surface area contributed by atoms with Crippen LogP contribution in [-0.4, -0.2) is 11.1 Å². The van der Waals surface area contributed by atoms with E-state index < -0.39 is 5.97 Å². The second kappa shape index (κ2) is 2.48. The lowest BCUT2D eigenvalue weighted by molar-refractivity contribution is -0.144. The summed E-state index contributed by atoms with van der Waals surface area (Å²) in [6.07, 6.45) is 5.48. The summed E-state index contributed by atoms with van der Waals surface area (Å²) in [4.78, 5) is 10.6. The van der Waals surface area contributed by atoms with E-state index in [1.807, 2.05) is 0 Å². The van der Waals surface area contributed by atoms with Crippen LogP contribution >= 0.6 is 0 Å². The molecule has 2 aliphatic carbocycles. The molecular formula is C10H16O2. The summed E-state index contributed by atoms with van der Waals surface area (Å²) in [5.74, 6) is 0.978. The molecule has 0 saturated heterocycles. The third-order valence-corrected chi connectivity index (χ3v) is 3.84. The van der Waals surface area contributed by atoms with Gasteiger partial charge in [0.25, 0.3) is 0 Å². The van der Waals surface area contributed by atoms with Crippen molar-refractivity contribution >= 4 is 5.97 Å². The maximum absolute atomic E-state index is 10.6. The van der Waals surface area contributed by atoms with Gasteiger partial charge in [0.1, 0.15) is 0 Å². The average Bonchev–Trinajstić information content (AvgIpc) is 2.29. The quantitative estimate of drug-likeness (QED) is 0.686. The van der Waals surface area contributed by atoms with Crippen molar-refractivity contribution in [2.45, 2.75) is 39.0 Å². The molecule has 2 rings (SSSR count). The van der Waals surface area contributed by atoms with Gasteiger partial charge in [-0.25, -0.2) is 0 Å². The molecule has 2 heteroatoms. The van der Waals surface area contributed by atoms with Crippen LogP contribution in [0.5, 0.6) is 0 Å². The molecule has 0 aromatic rings. The monoisotopic (exact) mass is 168 g/mol. The number of carbonyl (C=O) groups is 1. The lowest BCUT2D eigenvalue weighted by atomic mass is 9.55. The summed E-state index contributed by atoms with van der Waals surface area (Å²) >= 11 is 0. The molecule has 68 valence electrons. The molecule has 1 N–H and O–H groups in total. The van der Waals surface area contributed by atoms with Gasteiger partial charge in [-0.2, -0.15) is 0 Å². The Balaban J connectivity index is 2.00. The molecule has 0 aromatic heterocycles. The molecule has 2 saturated carbocycles. The Morgan fingerprint density at radius 2 is 2.33 bits per heavy atom. The van der Waals surface area contributed by atoms with Gasteiger partial charge in [-0.15, -0.1) is 0 Å². The lowest BCUT2D eigenvalue weighted by Gasteiger charge is -2.50. The van der Waals surface area contributed by atoms with Gasteiger partial charge in [0.05, 0.1) is 6.42 Å². The first-order valence-corrected chi connectivity index (χ1v) is 4.84. The van der Waals surface area contributed by atoms with Crippen molar-refractivity contribution in [3.63, 3.8) is 0 Å². The number of rotatable bonds is 2. The predicted molar refractivity (Wildman–Crippen MR) is 45.8 cm³/mol. The summed E-state index contributed by atoms with van der Waals surface area (Å²) in [7, 11) is 0. The zero-order valence-electron chi connectivity index (χ0n) is 7.55. The molecule has 0 amide bonds. The molecule has 3 atom stereocenters. The Bertz CT molecular complexity index is 212. The van der Waals surface area contributed by atoms with E-state index in [0.717, 1.165) is 18.3 Å². The third kappa shape index (κ3) is 1.05. The van der Waals surface area contributed by atoms with Gasteiger partial charge in [-0.05, 0) is 30.1 Å². The van der Waals surface area contributed by atoms with Gasteiger partial charge in [0.2, 0.25) is 0 Å². The summed E-state index contributed by atoms with van der Waals surface area (Å²) in [6.45, 7) is 2.15. The summed E-state index contributed by atoms with van der Waals surface area (Å²) < 4.78 is 0. The van der Waals surface area contributed by atoms with Gasteiger partial charge in [0, 0.05) is 0 Å². The topological polar surface area (TPSA) is 37.3 Å². The molecule has 0 radical (unpaired) electrons. The van der Waals surface area contributed by atoms with Crippen LogP contribution in [0.4, 0.5) is 0 Å². The van der Waals surface area contributed by atoms with Crippen LogP contribution in [0.2, 0.25) is 0 Å². The molecule has 0 aliphatic heterocycles. The second-order valence-corrected chi connectivity index (χ2v) is 4.73. The first-order chi connectivity index (χ1) is 5.62. The molecule has 0 bridgehead atoms. The fraction of sp³-hybridized carbons (Fsp3) is 0.900. The largest absolute Gasteiger partial charge is 0.481 e. The molecule has 2 fully saturated rings. The summed E-state index contributed by atoms with van der Waals surface area (Å²) in [5.41, 5.74) is 0.146. The minimum absolute atomic E-state index is 0.146. The maximum atomic E-state index is 10.6. The van der Waals surface area contributed by atoms with Crippen molar-refractivity contribution in [1.82, 2.24) is 0 Å². The van der Waals surface area contributed by atoms with Crippen LogP contribution in [0.25, 0.3) is 0 Å². The molecule has 2 aliphatic rings. The van der Waals surface area contributed by atoms with E-state index in [1.165, 1.54) is 19.3 Å². The number of fused-ring (bicyclic) bond motifs is 1. The molecule has 0 aromatic carbocycles. The number of aliphatic carboxylic acids is 1. The average molecular weight is 168 g/mol. The van der Waals surface area contributed by atoms with E-state index in [1.54, 1.807) is 0 Å². The zero-order valence-corrected chi connectivity index (χ0v) is 7.55. The van der Waals surface area contributed by atoms with Crippen LogP contribution in [-0.2, 0) is 4.79 Å². The van der Waals surface area contributed by atoms with Crippen molar-refractivity contribution in [1.29, 1.82) is 0 Å². The smallest absolute Gasteiger partial charge is 0.303 e. The van der Waals surface area contributed by atoms with Gasteiger partial charge >= 0.3 is 5.97 Å². The van der Waals surface area contributed by atoms with Crippen molar-refractivity contribution in [3.8, 4) is 0 Å². The minimum atomic E-state index is -0.622. The fourth-order valence-electron chi connectivity index (χ4n) is 3.34. The van der Waals surface area contributed by atoms with Gasteiger partial charge in [0.15, 0.2) is 0 Å². The molecule has 2 nitrogen and oxygen atoms in total. The van der Waals surface area contributed by atoms with E-state index in [0.29, 0.717) is 6.42 Å². The highest BCUT2D eigenvalue weighted by Crippen LogP contribution is 2.60. The molecule has 12 heavy (non-hydrogen) atoms. The van der Waals surface area contributed by atoms with Crippen molar-refractivity contribution in [3.05, 3.63) is 0 Å². The highest BCUT2D eigenvalue weighted by Gasteiger charge is 2.52. The lowest BCUT2D eigenvalue weighted by Crippen LogP contribution is -2.44. The number of carboxylic acid groups (broad SMARTS) is 1. The Labute approximate surface area is 73.0 Å². The second-order valence-electron chi connectivity index (χ2n) is 4.73. The van der Waals surface area contributed by atoms with Crippen LogP contribution < -0.4 is 0 Å². The normalized spacial score (nSPS) is 45.1. The van der Waals surface area contributed by atoms with Crippen LogP contribution in [0.3, 0.4) is 0 Å². The third-order valence-electron chi connectivity index (χ3n) is 3.84. The number of hydrogen-bond acceptors (Lipinski definition) is 1. The van der Waals surface area contributed by atoms with E-state index in [9.17, 15) is 4.79 Å². The van der Waals surface area contributed by atoms with Gasteiger partial charge in [-0.3, -0.25) is 4.79 Å². The van der Waals surface area contributed by atoms with Crippen LogP contribution in [0.15, 0.2) is 0 Å². The van der Waals surface area contributed by atoms with Gasteiger partial charge in [-0.1, -0.05) is 19.8 Å². The van der Waals surface area contributed by atoms with Crippen molar-refractivity contribution in [2.24, 2.45) is 17.3 Å². The van der Waals surface area contributed by atoms with Crippen molar-refractivity contribution in [2.75, 3.05) is 0 Å². The number of carboxylic acids is 1. The Kier molecular flexibility index (Phi) is 1.67. The van der Waals surface area contributed by atoms with Gasteiger partial charge < -0.3 is 5.11 Å².